The van der Waals surface area contributed by atoms with Crippen LogP contribution in [0.1, 0.15) is 12.5 Å². The van der Waals surface area contributed by atoms with E-state index in [0.717, 1.165) is 11.3 Å². The molecular formula is C18H19FN2O3. The molecule has 5 nitrogen and oxygen atoms in total. The second-order valence-corrected chi connectivity index (χ2v) is 5.43. The fourth-order valence-corrected chi connectivity index (χ4v) is 2.47. The van der Waals surface area contributed by atoms with Crippen molar-refractivity contribution in [2.45, 2.75) is 13.5 Å². The van der Waals surface area contributed by atoms with Crippen molar-refractivity contribution < 1.29 is 18.7 Å². The van der Waals surface area contributed by atoms with E-state index in [9.17, 15) is 9.18 Å². The predicted molar refractivity (Wildman–Crippen MR) is 88.9 cm³/mol. The van der Waals surface area contributed by atoms with Crippen LogP contribution in [0, 0.1) is 5.82 Å². The summed E-state index contributed by atoms with van der Waals surface area (Å²) in [6, 6.07) is 11.1. The number of amides is 2. The fraction of sp³-hybridized carbons (Fsp3) is 0.278. The van der Waals surface area contributed by atoms with Gasteiger partial charge in [0.15, 0.2) is 11.5 Å². The van der Waals surface area contributed by atoms with Gasteiger partial charge < -0.3 is 19.7 Å². The highest BCUT2D eigenvalue weighted by atomic mass is 19.1. The molecule has 0 bridgehead atoms. The Bertz CT molecular complexity index is 719. The third kappa shape index (κ3) is 3.76. The molecule has 0 saturated heterocycles. The minimum absolute atomic E-state index is 0.237. The number of benzene rings is 2. The van der Waals surface area contributed by atoms with E-state index in [1.54, 1.807) is 4.90 Å². The first-order valence-electron chi connectivity index (χ1n) is 7.85. The number of hydrogen-bond acceptors (Lipinski definition) is 3. The maximum atomic E-state index is 12.9. The largest absolute Gasteiger partial charge is 0.486 e. The molecule has 2 amide bonds. The first kappa shape index (κ1) is 16.1. The minimum atomic E-state index is -0.336. The quantitative estimate of drug-likeness (QED) is 0.931. The predicted octanol–water partition coefficient (Wildman–Crippen LogP) is 3.65. The van der Waals surface area contributed by atoms with E-state index < -0.39 is 0 Å². The Balaban J connectivity index is 1.67. The monoisotopic (exact) mass is 330 g/mol. The van der Waals surface area contributed by atoms with Crippen LogP contribution in [0.25, 0.3) is 0 Å². The van der Waals surface area contributed by atoms with Gasteiger partial charge in [-0.15, -0.1) is 0 Å². The standard InChI is InChI=1S/C18H19FN2O3/c1-2-21(18(22)20-15-6-4-14(19)5-7-15)12-13-3-8-16-17(11-13)24-10-9-23-16/h3-8,11H,2,9-10,12H2,1H3,(H,20,22). The van der Waals surface area contributed by atoms with Crippen LogP contribution in [0.3, 0.4) is 0 Å². The van der Waals surface area contributed by atoms with Crippen molar-refractivity contribution in [2.75, 3.05) is 25.1 Å². The van der Waals surface area contributed by atoms with Crippen molar-refractivity contribution in [1.82, 2.24) is 4.90 Å². The molecule has 0 spiro atoms. The number of carbonyl (C=O) groups is 1. The first-order valence-corrected chi connectivity index (χ1v) is 7.85. The number of carbonyl (C=O) groups excluding carboxylic acids is 1. The molecule has 126 valence electrons. The van der Waals surface area contributed by atoms with Crippen molar-refractivity contribution in [3.05, 3.63) is 53.8 Å². The highest BCUT2D eigenvalue weighted by Gasteiger charge is 2.16. The Morgan fingerprint density at radius 3 is 2.54 bits per heavy atom. The summed E-state index contributed by atoms with van der Waals surface area (Å²) in [5.74, 6) is 1.09. The van der Waals surface area contributed by atoms with Gasteiger partial charge in [0.25, 0.3) is 0 Å². The SMILES string of the molecule is CCN(Cc1ccc2c(c1)OCCO2)C(=O)Nc1ccc(F)cc1. The van der Waals surface area contributed by atoms with Gasteiger partial charge in [-0.05, 0) is 48.9 Å². The molecule has 0 saturated carbocycles. The number of nitrogens with one attached hydrogen (secondary N) is 1. The number of fused-ring (bicyclic) bond motifs is 1. The highest BCUT2D eigenvalue weighted by molar-refractivity contribution is 5.89. The van der Waals surface area contributed by atoms with Gasteiger partial charge in [0, 0.05) is 18.8 Å². The molecule has 0 aliphatic carbocycles. The van der Waals surface area contributed by atoms with E-state index in [1.807, 2.05) is 25.1 Å². The van der Waals surface area contributed by atoms with Crippen molar-refractivity contribution in [1.29, 1.82) is 0 Å². The molecule has 0 unspecified atom stereocenters. The molecule has 0 aromatic heterocycles. The summed E-state index contributed by atoms with van der Waals surface area (Å²) in [4.78, 5) is 14.0. The second-order valence-electron chi connectivity index (χ2n) is 5.43. The summed E-state index contributed by atoms with van der Waals surface area (Å²) >= 11 is 0. The van der Waals surface area contributed by atoms with Gasteiger partial charge in [-0.1, -0.05) is 6.07 Å². The third-order valence-corrected chi connectivity index (χ3v) is 3.74. The van der Waals surface area contributed by atoms with Crippen LogP contribution in [0.4, 0.5) is 14.9 Å². The van der Waals surface area contributed by atoms with E-state index in [4.69, 9.17) is 9.47 Å². The molecule has 2 aromatic rings. The molecular weight excluding hydrogens is 311 g/mol. The van der Waals surface area contributed by atoms with Gasteiger partial charge in [-0.25, -0.2) is 9.18 Å². The lowest BCUT2D eigenvalue weighted by molar-refractivity contribution is 0.171. The van der Waals surface area contributed by atoms with E-state index in [2.05, 4.69) is 5.32 Å². The zero-order chi connectivity index (χ0) is 16.9. The van der Waals surface area contributed by atoms with Crippen LogP contribution in [-0.4, -0.2) is 30.7 Å². The summed E-state index contributed by atoms with van der Waals surface area (Å²) in [5.41, 5.74) is 1.51. The van der Waals surface area contributed by atoms with Gasteiger partial charge in [-0.3, -0.25) is 0 Å². The van der Waals surface area contributed by atoms with Crippen LogP contribution >= 0.6 is 0 Å². The maximum Gasteiger partial charge on any atom is 0.322 e. The lowest BCUT2D eigenvalue weighted by Gasteiger charge is -2.23. The molecule has 1 aliphatic rings. The van der Waals surface area contributed by atoms with Crippen molar-refractivity contribution >= 4 is 11.7 Å². The lowest BCUT2D eigenvalue weighted by atomic mass is 10.2. The smallest absolute Gasteiger partial charge is 0.322 e. The van der Waals surface area contributed by atoms with Crippen molar-refractivity contribution in [3.63, 3.8) is 0 Å². The molecule has 0 atom stereocenters. The number of anilines is 1. The molecule has 1 N–H and O–H groups in total. The van der Waals surface area contributed by atoms with Gasteiger partial charge in [0.05, 0.1) is 0 Å². The molecule has 1 aliphatic heterocycles. The van der Waals surface area contributed by atoms with Crippen LogP contribution < -0.4 is 14.8 Å². The zero-order valence-electron chi connectivity index (χ0n) is 13.4. The molecule has 2 aromatic carbocycles. The van der Waals surface area contributed by atoms with Gasteiger partial charge in [0.2, 0.25) is 0 Å². The number of rotatable bonds is 4. The van der Waals surface area contributed by atoms with Gasteiger partial charge in [-0.2, -0.15) is 0 Å². The molecule has 6 heteroatoms. The molecule has 1 heterocycles. The average Bonchev–Trinajstić information content (AvgIpc) is 2.61. The average molecular weight is 330 g/mol. The van der Waals surface area contributed by atoms with Crippen molar-refractivity contribution in [2.24, 2.45) is 0 Å². The van der Waals surface area contributed by atoms with Crippen LogP contribution in [-0.2, 0) is 6.54 Å². The first-order chi connectivity index (χ1) is 11.7. The number of ether oxygens (including phenoxy) is 2. The lowest BCUT2D eigenvalue weighted by Crippen LogP contribution is -2.34. The van der Waals surface area contributed by atoms with E-state index in [0.29, 0.717) is 37.7 Å². The minimum Gasteiger partial charge on any atom is -0.486 e. The normalized spacial score (nSPS) is 12.6. The van der Waals surface area contributed by atoms with E-state index >= 15 is 0 Å². The fourth-order valence-electron chi connectivity index (χ4n) is 2.47. The Morgan fingerprint density at radius 1 is 1.12 bits per heavy atom. The second kappa shape index (κ2) is 7.21. The Morgan fingerprint density at radius 2 is 1.83 bits per heavy atom. The van der Waals surface area contributed by atoms with Gasteiger partial charge >= 0.3 is 6.03 Å². The van der Waals surface area contributed by atoms with E-state index in [-0.39, 0.29) is 11.8 Å². The number of halogens is 1. The number of urea groups is 1. The van der Waals surface area contributed by atoms with Crippen LogP contribution in [0.15, 0.2) is 42.5 Å². The molecule has 0 radical (unpaired) electrons. The summed E-state index contributed by atoms with van der Waals surface area (Å²) < 4.78 is 24.0. The summed E-state index contributed by atoms with van der Waals surface area (Å²) in [5, 5.41) is 2.77. The third-order valence-electron chi connectivity index (χ3n) is 3.74. The zero-order valence-corrected chi connectivity index (χ0v) is 13.4. The van der Waals surface area contributed by atoms with Gasteiger partial charge in [0.1, 0.15) is 19.0 Å². The Labute approximate surface area is 140 Å². The van der Waals surface area contributed by atoms with Crippen LogP contribution in [0.2, 0.25) is 0 Å². The van der Waals surface area contributed by atoms with Crippen LogP contribution in [0.5, 0.6) is 11.5 Å². The van der Waals surface area contributed by atoms with E-state index in [1.165, 1.54) is 24.3 Å². The Kier molecular flexibility index (Phi) is 4.84. The number of nitrogens with zero attached hydrogens (tertiary/aromatic N) is 1. The Hall–Kier alpha value is -2.76. The van der Waals surface area contributed by atoms with Crippen molar-refractivity contribution in [3.8, 4) is 11.5 Å². The summed E-state index contributed by atoms with van der Waals surface area (Å²) in [6.07, 6.45) is 0. The number of hydrogen-bond donors (Lipinski definition) is 1. The summed E-state index contributed by atoms with van der Waals surface area (Å²) in [6.45, 7) is 3.97. The molecule has 3 rings (SSSR count). The topological polar surface area (TPSA) is 50.8 Å². The summed E-state index contributed by atoms with van der Waals surface area (Å²) in [7, 11) is 0. The molecule has 0 fully saturated rings. The molecule has 24 heavy (non-hydrogen) atoms. The maximum absolute atomic E-state index is 12.9. The highest BCUT2D eigenvalue weighted by Crippen LogP contribution is 2.31.